The lowest BCUT2D eigenvalue weighted by molar-refractivity contribution is -0.118. The molecule has 0 unspecified atom stereocenters. The second-order valence-electron chi connectivity index (χ2n) is 3.53. The topological polar surface area (TPSA) is 64.8 Å². The Morgan fingerprint density at radius 3 is 2.39 bits per heavy atom. The molecular weight excluding hydrogens is 256 g/mol. The molecule has 5 nitrogen and oxygen atoms in total. The summed E-state index contributed by atoms with van der Waals surface area (Å²) in [5.74, 6) is 1.20. The number of nitrogens with zero attached hydrogens (tertiary/aromatic N) is 1. The van der Waals surface area contributed by atoms with E-state index in [1.54, 1.807) is 44.4 Å². The van der Waals surface area contributed by atoms with Crippen LogP contribution >= 0.6 is 12.4 Å². The Morgan fingerprint density at radius 2 is 1.89 bits per heavy atom. The quantitative estimate of drug-likeness (QED) is 0.882. The zero-order valence-corrected chi connectivity index (χ0v) is 11.6. The molecule has 0 spiro atoms. The predicted molar refractivity (Wildman–Crippen MR) is 73.9 cm³/mol. The van der Waals surface area contributed by atoms with E-state index in [0.29, 0.717) is 24.5 Å². The van der Waals surface area contributed by atoms with Crippen molar-refractivity contribution in [3.63, 3.8) is 0 Å². The van der Waals surface area contributed by atoms with E-state index in [2.05, 4.69) is 0 Å². The highest BCUT2D eigenvalue weighted by atomic mass is 35.5. The molecular formula is C12H19ClN2O3. The van der Waals surface area contributed by atoms with Crippen molar-refractivity contribution in [3.05, 3.63) is 18.2 Å². The zero-order valence-electron chi connectivity index (χ0n) is 10.8. The molecule has 0 heterocycles. The Hall–Kier alpha value is -1.46. The van der Waals surface area contributed by atoms with E-state index in [9.17, 15) is 4.79 Å². The Bertz CT molecular complexity index is 399. The molecule has 0 bridgehead atoms. The van der Waals surface area contributed by atoms with Gasteiger partial charge in [0.25, 0.3) is 0 Å². The summed E-state index contributed by atoms with van der Waals surface area (Å²) in [4.78, 5) is 13.2. The van der Waals surface area contributed by atoms with E-state index >= 15 is 0 Å². The van der Waals surface area contributed by atoms with Crippen LogP contribution in [0.15, 0.2) is 18.2 Å². The minimum Gasteiger partial charge on any atom is -0.493 e. The SMILES string of the molecule is COc1ccc(N(C)C(=O)CCN)cc1OC.Cl. The van der Waals surface area contributed by atoms with E-state index in [1.807, 2.05) is 0 Å². The maximum Gasteiger partial charge on any atom is 0.227 e. The van der Waals surface area contributed by atoms with Gasteiger partial charge in [-0.15, -0.1) is 12.4 Å². The Kier molecular flexibility index (Phi) is 7.16. The maximum atomic E-state index is 11.7. The second-order valence-corrected chi connectivity index (χ2v) is 3.53. The molecule has 2 N–H and O–H groups in total. The Balaban J connectivity index is 0.00000289. The molecule has 0 radical (unpaired) electrons. The molecule has 0 saturated heterocycles. The summed E-state index contributed by atoms with van der Waals surface area (Å²) in [6.45, 7) is 0.344. The number of carbonyl (C=O) groups excluding carboxylic acids is 1. The predicted octanol–water partition coefficient (Wildman–Crippen LogP) is 1.44. The summed E-state index contributed by atoms with van der Waals surface area (Å²) < 4.78 is 10.3. The summed E-state index contributed by atoms with van der Waals surface area (Å²) in [6.07, 6.45) is 0.324. The molecule has 0 aromatic heterocycles. The van der Waals surface area contributed by atoms with Gasteiger partial charge in [-0.1, -0.05) is 0 Å². The van der Waals surface area contributed by atoms with Gasteiger partial charge in [0.1, 0.15) is 0 Å². The third-order valence-corrected chi connectivity index (χ3v) is 2.49. The first-order valence-corrected chi connectivity index (χ1v) is 5.32. The number of amides is 1. The summed E-state index contributed by atoms with van der Waals surface area (Å²) in [6, 6.07) is 5.32. The molecule has 0 saturated carbocycles. The highest BCUT2D eigenvalue weighted by molar-refractivity contribution is 5.93. The number of nitrogens with two attached hydrogens (primary N) is 1. The van der Waals surface area contributed by atoms with Crippen molar-refractivity contribution in [1.29, 1.82) is 0 Å². The number of benzene rings is 1. The van der Waals surface area contributed by atoms with Crippen LogP contribution in [-0.2, 0) is 4.79 Å². The third kappa shape index (κ3) is 3.78. The van der Waals surface area contributed by atoms with Crippen LogP contribution in [0.2, 0.25) is 0 Å². The van der Waals surface area contributed by atoms with Gasteiger partial charge in [-0.25, -0.2) is 0 Å². The molecule has 1 aromatic carbocycles. The lowest BCUT2D eigenvalue weighted by Gasteiger charge is -2.18. The largest absolute Gasteiger partial charge is 0.493 e. The van der Waals surface area contributed by atoms with Gasteiger partial charge in [-0.2, -0.15) is 0 Å². The summed E-state index contributed by atoms with van der Waals surface area (Å²) in [5.41, 5.74) is 6.11. The summed E-state index contributed by atoms with van der Waals surface area (Å²) in [7, 11) is 4.84. The minimum absolute atomic E-state index is 0. The van der Waals surface area contributed by atoms with E-state index in [1.165, 1.54) is 0 Å². The molecule has 0 aliphatic carbocycles. The standard InChI is InChI=1S/C12H18N2O3.ClH/c1-14(12(15)6-7-13)9-4-5-10(16-2)11(8-9)17-3;/h4-5,8H,6-7,13H2,1-3H3;1H. The van der Waals surface area contributed by atoms with Crippen LogP contribution < -0.4 is 20.1 Å². The number of methoxy groups -OCH3 is 2. The van der Waals surface area contributed by atoms with Crippen molar-refractivity contribution >= 4 is 24.0 Å². The molecule has 0 aliphatic rings. The van der Waals surface area contributed by atoms with Crippen LogP contribution in [0.1, 0.15) is 6.42 Å². The van der Waals surface area contributed by atoms with Gasteiger partial charge < -0.3 is 20.1 Å². The number of hydrogen-bond donors (Lipinski definition) is 1. The van der Waals surface area contributed by atoms with Gasteiger partial charge in [-0.05, 0) is 12.1 Å². The van der Waals surface area contributed by atoms with Crippen molar-refractivity contribution in [2.24, 2.45) is 5.73 Å². The molecule has 0 aliphatic heterocycles. The average Bonchev–Trinajstić information content (AvgIpc) is 2.37. The van der Waals surface area contributed by atoms with Crippen molar-refractivity contribution in [2.75, 3.05) is 32.7 Å². The van der Waals surface area contributed by atoms with Crippen LogP contribution in [0.4, 0.5) is 5.69 Å². The van der Waals surface area contributed by atoms with E-state index < -0.39 is 0 Å². The minimum atomic E-state index is -0.0280. The van der Waals surface area contributed by atoms with Gasteiger partial charge in [0.05, 0.1) is 14.2 Å². The van der Waals surface area contributed by atoms with Gasteiger partial charge in [0, 0.05) is 31.8 Å². The molecule has 6 heteroatoms. The number of rotatable bonds is 5. The Labute approximate surface area is 113 Å². The first kappa shape index (κ1) is 16.5. The van der Waals surface area contributed by atoms with Gasteiger partial charge in [-0.3, -0.25) is 4.79 Å². The van der Waals surface area contributed by atoms with Crippen molar-refractivity contribution in [3.8, 4) is 11.5 Å². The normalized spacial score (nSPS) is 9.33. The fraction of sp³-hybridized carbons (Fsp3) is 0.417. The van der Waals surface area contributed by atoms with E-state index in [-0.39, 0.29) is 18.3 Å². The van der Waals surface area contributed by atoms with Crippen LogP contribution in [0.3, 0.4) is 0 Å². The number of halogens is 1. The lowest BCUT2D eigenvalue weighted by atomic mass is 10.2. The summed E-state index contributed by atoms with van der Waals surface area (Å²) >= 11 is 0. The van der Waals surface area contributed by atoms with Gasteiger partial charge in [0.15, 0.2) is 11.5 Å². The fourth-order valence-electron chi connectivity index (χ4n) is 1.47. The molecule has 1 rings (SSSR count). The number of carbonyl (C=O) groups is 1. The average molecular weight is 275 g/mol. The van der Waals surface area contributed by atoms with Crippen molar-refractivity contribution < 1.29 is 14.3 Å². The fourth-order valence-corrected chi connectivity index (χ4v) is 1.47. The smallest absolute Gasteiger partial charge is 0.227 e. The Morgan fingerprint density at radius 1 is 1.28 bits per heavy atom. The van der Waals surface area contributed by atoms with Crippen LogP contribution in [-0.4, -0.2) is 33.7 Å². The molecule has 0 atom stereocenters. The first-order valence-electron chi connectivity index (χ1n) is 5.32. The number of anilines is 1. The molecule has 1 aromatic rings. The monoisotopic (exact) mass is 274 g/mol. The molecule has 102 valence electrons. The summed E-state index contributed by atoms with van der Waals surface area (Å²) in [5, 5.41) is 0. The van der Waals surface area contributed by atoms with Crippen LogP contribution in [0, 0.1) is 0 Å². The van der Waals surface area contributed by atoms with Gasteiger partial charge in [0.2, 0.25) is 5.91 Å². The van der Waals surface area contributed by atoms with Crippen LogP contribution in [0.25, 0.3) is 0 Å². The molecule has 0 fully saturated rings. The van der Waals surface area contributed by atoms with Crippen molar-refractivity contribution in [2.45, 2.75) is 6.42 Å². The lowest BCUT2D eigenvalue weighted by Crippen LogP contribution is -2.28. The molecule has 1 amide bonds. The third-order valence-electron chi connectivity index (χ3n) is 2.49. The highest BCUT2D eigenvalue weighted by Crippen LogP contribution is 2.31. The zero-order chi connectivity index (χ0) is 12.8. The second kappa shape index (κ2) is 7.79. The van der Waals surface area contributed by atoms with Crippen LogP contribution in [0.5, 0.6) is 11.5 Å². The number of ether oxygens (including phenoxy) is 2. The van der Waals surface area contributed by atoms with E-state index in [4.69, 9.17) is 15.2 Å². The maximum absolute atomic E-state index is 11.7. The molecule has 18 heavy (non-hydrogen) atoms. The van der Waals surface area contributed by atoms with Crippen molar-refractivity contribution in [1.82, 2.24) is 0 Å². The highest BCUT2D eigenvalue weighted by Gasteiger charge is 2.12. The first-order chi connectivity index (χ1) is 8.13. The van der Waals surface area contributed by atoms with Gasteiger partial charge >= 0.3 is 0 Å². The van der Waals surface area contributed by atoms with E-state index in [0.717, 1.165) is 5.69 Å². The number of hydrogen-bond acceptors (Lipinski definition) is 4.